The number of hydrogen-bond acceptors (Lipinski definition) is 5. The second-order valence-corrected chi connectivity index (χ2v) is 10.6. The highest BCUT2D eigenvalue weighted by Crippen LogP contribution is 2.27. The molecule has 3 amide bonds. The standard InChI is InChI=1S/C32H39N5O3/c1-40-28-15-12-26(13-16-28)34-32(39)35-27-14-17-30(29(22-27)31(38)33-25-10-6-3-7-11-25)37-20-18-36(19-21-37)23-24-8-4-2-5-9-24/h2,4-5,8-9,12-17,22,25H,3,6-7,10-11,18-21,23H2,1H3,(H,33,38)(H2,34,35,39). The second kappa shape index (κ2) is 13.3. The Hall–Kier alpha value is -4.04. The van der Waals surface area contributed by atoms with E-state index in [9.17, 15) is 9.59 Å². The highest BCUT2D eigenvalue weighted by atomic mass is 16.5. The van der Waals surface area contributed by atoms with Crippen molar-refractivity contribution < 1.29 is 14.3 Å². The fraction of sp³-hybridized carbons (Fsp3) is 0.375. The summed E-state index contributed by atoms with van der Waals surface area (Å²) in [7, 11) is 1.60. The Labute approximate surface area is 236 Å². The van der Waals surface area contributed by atoms with Crippen LogP contribution >= 0.6 is 0 Å². The molecule has 3 N–H and O–H groups in total. The van der Waals surface area contributed by atoms with Crippen molar-refractivity contribution in [3.63, 3.8) is 0 Å². The summed E-state index contributed by atoms with van der Waals surface area (Å²) in [5.74, 6) is 0.642. The molecule has 3 aromatic carbocycles. The average Bonchev–Trinajstić information content (AvgIpc) is 2.99. The number of carbonyl (C=O) groups is 2. The lowest BCUT2D eigenvalue weighted by Gasteiger charge is -2.37. The van der Waals surface area contributed by atoms with Gasteiger partial charge in [-0.2, -0.15) is 0 Å². The van der Waals surface area contributed by atoms with Crippen LogP contribution in [-0.4, -0.2) is 56.2 Å². The Bertz CT molecular complexity index is 1270. The van der Waals surface area contributed by atoms with Crippen molar-refractivity contribution in [2.75, 3.05) is 48.8 Å². The SMILES string of the molecule is COc1ccc(NC(=O)Nc2ccc(N3CCN(Cc4ccccc4)CC3)c(C(=O)NC3CCCCC3)c2)cc1. The minimum Gasteiger partial charge on any atom is -0.497 e. The first kappa shape index (κ1) is 27.5. The lowest BCUT2D eigenvalue weighted by molar-refractivity contribution is 0.0928. The van der Waals surface area contributed by atoms with Crippen LogP contribution in [0.2, 0.25) is 0 Å². The molecule has 1 saturated carbocycles. The molecule has 0 spiro atoms. The number of ether oxygens (including phenoxy) is 1. The molecule has 210 valence electrons. The van der Waals surface area contributed by atoms with Gasteiger partial charge in [-0.05, 0) is 60.9 Å². The summed E-state index contributed by atoms with van der Waals surface area (Å²) in [6, 6.07) is 23.1. The van der Waals surface area contributed by atoms with Gasteiger partial charge in [-0.15, -0.1) is 0 Å². The quantitative estimate of drug-likeness (QED) is 0.339. The van der Waals surface area contributed by atoms with Crippen LogP contribution in [0.5, 0.6) is 5.75 Å². The van der Waals surface area contributed by atoms with Gasteiger partial charge in [-0.1, -0.05) is 49.6 Å². The van der Waals surface area contributed by atoms with E-state index in [2.05, 4.69) is 50.0 Å². The molecule has 1 saturated heterocycles. The fourth-order valence-electron chi connectivity index (χ4n) is 5.54. The van der Waals surface area contributed by atoms with E-state index in [1.807, 2.05) is 18.2 Å². The molecule has 0 radical (unpaired) electrons. The van der Waals surface area contributed by atoms with Crippen LogP contribution in [0.25, 0.3) is 0 Å². The van der Waals surface area contributed by atoms with Gasteiger partial charge in [0.25, 0.3) is 5.91 Å². The molecule has 2 aliphatic rings. The molecular formula is C32H39N5O3. The highest BCUT2D eigenvalue weighted by Gasteiger charge is 2.24. The number of rotatable bonds is 8. The van der Waals surface area contributed by atoms with Gasteiger partial charge in [0.15, 0.2) is 0 Å². The first-order chi connectivity index (χ1) is 19.6. The minimum atomic E-state index is -0.369. The molecule has 1 aliphatic heterocycles. The highest BCUT2D eigenvalue weighted by molar-refractivity contribution is 6.04. The summed E-state index contributed by atoms with van der Waals surface area (Å²) in [6.07, 6.45) is 5.55. The molecule has 0 aromatic heterocycles. The maximum Gasteiger partial charge on any atom is 0.323 e. The van der Waals surface area contributed by atoms with Crippen LogP contribution in [0.3, 0.4) is 0 Å². The zero-order valence-electron chi connectivity index (χ0n) is 23.2. The third-order valence-electron chi connectivity index (χ3n) is 7.75. The zero-order chi connectivity index (χ0) is 27.7. The third kappa shape index (κ3) is 7.33. The summed E-state index contributed by atoms with van der Waals surface area (Å²) in [5, 5.41) is 9.00. The number of nitrogens with one attached hydrogen (secondary N) is 3. The molecular weight excluding hydrogens is 502 g/mol. The van der Waals surface area contributed by atoms with Crippen LogP contribution in [0.15, 0.2) is 72.8 Å². The number of methoxy groups -OCH3 is 1. The van der Waals surface area contributed by atoms with Crippen LogP contribution < -0.4 is 25.6 Å². The topological polar surface area (TPSA) is 85.9 Å². The van der Waals surface area contributed by atoms with Crippen molar-refractivity contribution in [3.05, 3.63) is 83.9 Å². The monoisotopic (exact) mass is 541 g/mol. The van der Waals surface area contributed by atoms with Gasteiger partial charge in [0.2, 0.25) is 0 Å². The molecule has 3 aromatic rings. The van der Waals surface area contributed by atoms with Crippen molar-refractivity contribution in [2.24, 2.45) is 0 Å². The van der Waals surface area contributed by atoms with E-state index in [0.717, 1.165) is 69.8 Å². The smallest absolute Gasteiger partial charge is 0.323 e. The van der Waals surface area contributed by atoms with Gasteiger partial charge in [-0.25, -0.2) is 4.79 Å². The Kier molecular flexibility index (Phi) is 9.18. The van der Waals surface area contributed by atoms with Crippen LogP contribution in [0.4, 0.5) is 21.9 Å². The predicted octanol–water partition coefficient (Wildman–Crippen LogP) is 5.72. The zero-order valence-corrected chi connectivity index (χ0v) is 23.2. The number of nitrogens with zero attached hydrogens (tertiary/aromatic N) is 2. The number of piperazine rings is 1. The second-order valence-electron chi connectivity index (χ2n) is 10.6. The van der Waals surface area contributed by atoms with Crippen molar-refractivity contribution in [2.45, 2.75) is 44.7 Å². The molecule has 1 heterocycles. The number of carbonyl (C=O) groups excluding carboxylic acids is 2. The molecule has 5 rings (SSSR count). The normalized spacial score (nSPS) is 16.3. The lowest BCUT2D eigenvalue weighted by Crippen LogP contribution is -2.46. The number of anilines is 3. The van der Waals surface area contributed by atoms with Gasteiger partial charge >= 0.3 is 6.03 Å². The summed E-state index contributed by atoms with van der Waals surface area (Å²) in [5.41, 5.74) is 4.05. The molecule has 40 heavy (non-hydrogen) atoms. The summed E-state index contributed by atoms with van der Waals surface area (Å²) in [4.78, 5) is 31.1. The number of urea groups is 1. The van der Waals surface area contributed by atoms with Crippen LogP contribution in [-0.2, 0) is 6.54 Å². The first-order valence-corrected chi connectivity index (χ1v) is 14.3. The molecule has 0 atom stereocenters. The van der Waals surface area contributed by atoms with E-state index in [4.69, 9.17) is 4.74 Å². The molecule has 8 heteroatoms. The summed E-state index contributed by atoms with van der Waals surface area (Å²) >= 11 is 0. The summed E-state index contributed by atoms with van der Waals surface area (Å²) < 4.78 is 5.18. The van der Waals surface area contributed by atoms with Gasteiger partial charge in [-0.3, -0.25) is 9.69 Å². The minimum absolute atomic E-state index is 0.0761. The number of hydrogen-bond donors (Lipinski definition) is 3. The molecule has 0 bridgehead atoms. The van der Waals surface area contributed by atoms with Gasteiger partial charge < -0.3 is 25.6 Å². The van der Waals surface area contributed by atoms with E-state index < -0.39 is 0 Å². The van der Waals surface area contributed by atoms with E-state index >= 15 is 0 Å². The van der Waals surface area contributed by atoms with Gasteiger partial charge in [0.05, 0.1) is 12.7 Å². The summed E-state index contributed by atoms with van der Waals surface area (Å²) in [6.45, 7) is 4.43. The van der Waals surface area contributed by atoms with E-state index in [1.54, 1.807) is 37.4 Å². The Morgan fingerprint density at radius 1 is 0.825 bits per heavy atom. The number of amides is 3. The van der Waals surface area contributed by atoms with E-state index in [1.165, 1.54) is 12.0 Å². The first-order valence-electron chi connectivity index (χ1n) is 14.3. The van der Waals surface area contributed by atoms with Crippen molar-refractivity contribution in [3.8, 4) is 5.75 Å². The molecule has 2 fully saturated rings. The van der Waals surface area contributed by atoms with E-state index in [-0.39, 0.29) is 18.0 Å². The van der Waals surface area contributed by atoms with E-state index in [0.29, 0.717) is 16.9 Å². The molecule has 0 unspecified atom stereocenters. The predicted molar refractivity (Wildman–Crippen MR) is 160 cm³/mol. The van der Waals surface area contributed by atoms with Gasteiger partial charge in [0.1, 0.15) is 5.75 Å². The van der Waals surface area contributed by atoms with Crippen LogP contribution in [0, 0.1) is 0 Å². The Morgan fingerprint density at radius 3 is 2.20 bits per heavy atom. The van der Waals surface area contributed by atoms with Gasteiger partial charge in [0, 0.05) is 55.8 Å². The van der Waals surface area contributed by atoms with Crippen molar-refractivity contribution in [1.29, 1.82) is 0 Å². The third-order valence-corrected chi connectivity index (χ3v) is 7.75. The largest absolute Gasteiger partial charge is 0.497 e. The Morgan fingerprint density at radius 2 is 1.50 bits per heavy atom. The average molecular weight is 542 g/mol. The molecule has 8 nitrogen and oxygen atoms in total. The van der Waals surface area contributed by atoms with Crippen molar-refractivity contribution >= 4 is 29.0 Å². The van der Waals surface area contributed by atoms with Crippen molar-refractivity contribution in [1.82, 2.24) is 10.2 Å². The Balaban J connectivity index is 1.28. The molecule has 1 aliphatic carbocycles. The number of benzene rings is 3. The maximum absolute atomic E-state index is 13.6. The fourth-order valence-corrected chi connectivity index (χ4v) is 5.54. The lowest BCUT2D eigenvalue weighted by atomic mass is 9.95. The van der Waals surface area contributed by atoms with Crippen LogP contribution in [0.1, 0.15) is 48.0 Å². The maximum atomic E-state index is 13.6.